The molecule has 0 unspecified atom stereocenters. The van der Waals surface area contributed by atoms with Gasteiger partial charge in [0.1, 0.15) is 23.8 Å². The average molecular weight is 655 g/mol. The molecule has 0 radical (unpaired) electrons. The van der Waals surface area contributed by atoms with E-state index < -0.39 is 12.7 Å². The Kier molecular flexibility index (Phi) is 15.8. The number of alkyl carbamates (subject to hydrolysis) is 1. The molecule has 0 bridgehead atoms. The van der Waals surface area contributed by atoms with Crippen LogP contribution in [-0.4, -0.2) is 81.2 Å². The van der Waals surface area contributed by atoms with Gasteiger partial charge in [0.2, 0.25) is 5.96 Å². The number of rotatable bonds is 12. The standard InChI is InChI=1S/C23H24Cl2F2N6O2.C6H11NO2/c1-32(2)9-3-11-34-21-7-5-16(35-22(26)27)13-20(21)30-23(29-14-28)33-10-8-19(31-33)15-4-6-17(24)18(25)12-15;1-3-5-9-6(8)7-4-2/h4-7,12-13,22H,3,8-11H2,1-2H3,(H,29,30);3H,1,4-5H2,2H3,(H,7,8). The second kappa shape index (κ2) is 19.2. The number of ether oxygens (including phenoxy) is 3. The molecular weight excluding hydrogens is 619 g/mol. The molecule has 0 saturated carbocycles. The third-order valence-corrected chi connectivity index (χ3v) is 6.25. The summed E-state index contributed by atoms with van der Waals surface area (Å²) in [6, 6.07) is 9.40. The van der Waals surface area contributed by atoms with E-state index in [-0.39, 0.29) is 24.0 Å². The molecule has 0 saturated heterocycles. The summed E-state index contributed by atoms with van der Waals surface area (Å²) in [4.78, 5) is 16.9. The highest BCUT2D eigenvalue weighted by Crippen LogP contribution is 2.33. The van der Waals surface area contributed by atoms with E-state index in [4.69, 9.17) is 27.9 Å². The number of carbonyl (C=O) groups is 1. The normalized spacial score (nSPS) is 12.6. The summed E-state index contributed by atoms with van der Waals surface area (Å²) in [5, 5.41) is 21.2. The van der Waals surface area contributed by atoms with Gasteiger partial charge in [-0.05, 0) is 57.3 Å². The highest BCUT2D eigenvalue weighted by atomic mass is 35.5. The van der Waals surface area contributed by atoms with Crippen LogP contribution in [0.25, 0.3) is 0 Å². The molecule has 0 atom stereocenters. The largest absolute Gasteiger partial charge is 0.491 e. The van der Waals surface area contributed by atoms with Gasteiger partial charge >= 0.3 is 12.7 Å². The van der Waals surface area contributed by atoms with Gasteiger partial charge in [-0.1, -0.05) is 41.9 Å². The fourth-order valence-electron chi connectivity index (χ4n) is 3.58. The van der Waals surface area contributed by atoms with Gasteiger partial charge in [0.25, 0.3) is 0 Å². The van der Waals surface area contributed by atoms with E-state index in [1.54, 1.807) is 18.2 Å². The van der Waals surface area contributed by atoms with E-state index in [9.17, 15) is 18.8 Å². The molecular formula is C29H35Cl2F2N7O4. The van der Waals surface area contributed by atoms with E-state index in [1.807, 2.05) is 32.1 Å². The minimum atomic E-state index is -2.99. The number of hydrogen-bond donors (Lipinski definition) is 2. The molecule has 1 heterocycles. The summed E-state index contributed by atoms with van der Waals surface area (Å²) in [6.45, 7) is 4.71. The first-order valence-electron chi connectivity index (χ1n) is 13.5. The maximum atomic E-state index is 12.8. The van der Waals surface area contributed by atoms with Crippen molar-refractivity contribution < 1.29 is 27.8 Å². The molecule has 1 amide bonds. The Labute approximate surface area is 265 Å². The zero-order chi connectivity index (χ0) is 32.5. The van der Waals surface area contributed by atoms with Crippen LogP contribution in [0.2, 0.25) is 10.0 Å². The summed E-state index contributed by atoms with van der Waals surface area (Å²) in [5.74, 6) is 0.377. The van der Waals surface area contributed by atoms with Crippen molar-refractivity contribution in [1.29, 1.82) is 5.26 Å². The van der Waals surface area contributed by atoms with Crippen LogP contribution < -0.4 is 20.1 Å². The predicted octanol–water partition coefficient (Wildman–Crippen LogP) is 6.01. The van der Waals surface area contributed by atoms with Crippen LogP contribution in [0.3, 0.4) is 0 Å². The zero-order valence-corrected chi connectivity index (χ0v) is 26.2. The zero-order valence-electron chi connectivity index (χ0n) is 24.7. The number of nitrogens with one attached hydrogen (secondary N) is 2. The van der Waals surface area contributed by atoms with Crippen molar-refractivity contribution in [1.82, 2.24) is 20.5 Å². The Morgan fingerprint density at radius 2 is 2.05 bits per heavy atom. The fourth-order valence-corrected chi connectivity index (χ4v) is 3.88. The first-order chi connectivity index (χ1) is 21.1. The highest BCUT2D eigenvalue weighted by molar-refractivity contribution is 6.42. The summed E-state index contributed by atoms with van der Waals surface area (Å²) < 4.78 is 40.5. The lowest BCUT2D eigenvalue weighted by Gasteiger charge is -2.16. The van der Waals surface area contributed by atoms with E-state index in [1.165, 1.54) is 29.3 Å². The number of amides is 1. The molecule has 0 spiro atoms. The van der Waals surface area contributed by atoms with E-state index in [2.05, 4.69) is 36.8 Å². The number of hydrazone groups is 1. The third-order valence-electron chi connectivity index (χ3n) is 5.51. The number of alkyl halides is 2. The summed E-state index contributed by atoms with van der Waals surface area (Å²) in [5.41, 5.74) is 1.73. The molecule has 2 N–H and O–H groups in total. The molecule has 15 heteroatoms. The van der Waals surface area contributed by atoms with Gasteiger partial charge in [0.05, 0.1) is 28.9 Å². The quantitative estimate of drug-likeness (QED) is 0.0713. The van der Waals surface area contributed by atoms with Crippen LogP contribution in [0.15, 0.2) is 59.1 Å². The SMILES string of the molecule is C=CCOC(=O)NCC.CN(C)CCCOc1ccc(OC(F)F)cc1N=C(NC#N)N1CCC(c2ccc(Cl)c(Cl)c2)=N1. The van der Waals surface area contributed by atoms with Crippen molar-refractivity contribution >= 4 is 46.7 Å². The third kappa shape index (κ3) is 12.6. The highest BCUT2D eigenvalue weighted by Gasteiger charge is 2.22. The van der Waals surface area contributed by atoms with Gasteiger partial charge < -0.3 is 24.4 Å². The Morgan fingerprint density at radius 3 is 2.68 bits per heavy atom. The smallest absolute Gasteiger partial charge is 0.407 e. The Morgan fingerprint density at radius 1 is 1.27 bits per heavy atom. The number of halogens is 4. The Balaban J connectivity index is 0.000000651. The van der Waals surface area contributed by atoms with Gasteiger partial charge in [0, 0.05) is 25.6 Å². The summed E-state index contributed by atoms with van der Waals surface area (Å²) in [7, 11) is 3.91. The maximum Gasteiger partial charge on any atom is 0.407 e. The topological polar surface area (TPSA) is 124 Å². The van der Waals surface area contributed by atoms with Crippen molar-refractivity contribution in [3.63, 3.8) is 0 Å². The van der Waals surface area contributed by atoms with Gasteiger partial charge in [-0.3, -0.25) is 5.32 Å². The minimum absolute atomic E-state index is 0.0860. The lowest BCUT2D eigenvalue weighted by molar-refractivity contribution is -0.0498. The molecule has 1 aliphatic rings. The Bertz CT molecular complexity index is 1350. The molecule has 2 aromatic rings. The molecule has 11 nitrogen and oxygen atoms in total. The van der Waals surface area contributed by atoms with Gasteiger partial charge in [-0.25, -0.2) is 14.8 Å². The number of guanidine groups is 1. The van der Waals surface area contributed by atoms with E-state index in [0.717, 1.165) is 24.2 Å². The second-order valence-electron chi connectivity index (χ2n) is 9.15. The van der Waals surface area contributed by atoms with Gasteiger partial charge in [-0.2, -0.15) is 19.1 Å². The van der Waals surface area contributed by atoms with E-state index in [0.29, 0.717) is 41.9 Å². The van der Waals surface area contributed by atoms with Crippen molar-refractivity contribution in [2.45, 2.75) is 26.4 Å². The fraction of sp³-hybridized carbons (Fsp3) is 0.379. The van der Waals surface area contributed by atoms with E-state index >= 15 is 0 Å². The number of carbonyl (C=O) groups excluding carboxylic acids is 1. The van der Waals surface area contributed by atoms with Crippen molar-refractivity contribution in [2.75, 3.05) is 46.9 Å². The van der Waals surface area contributed by atoms with Gasteiger partial charge in [0.15, 0.2) is 6.19 Å². The molecule has 3 rings (SSSR count). The molecule has 44 heavy (non-hydrogen) atoms. The minimum Gasteiger partial charge on any atom is -0.491 e. The molecule has 0 aliphatic carbocycles. The number of nitriles is 1. The Hall–Kier alpha value is -4.12. The summed E-state index contributed by atoms with van der Waals surface area (Å²) in [6.07, 6.45) is 4.28. The van der Waals surface area contributed by atoms with Crippen molar-refractivity contribution in [2.24, 2.45) is 10.1 Å². The average Bonchev–Trinajstić information content (AvgIpc) is 3.47. The molecule has 1 aliphatic heterocycles. The van der Waals surface area contributed by atoms with Crippen LogP contribution in [0.1, 0.15) is 25.3 Å². The van der Waals surface area contributed by atoms with Crippen molar-refractivity contribution in [3.05, 3.63) is 64.7 Å². The van der Waals surface area contributed by atoms with Crippen LogP contribution >= 0.6 is 23.2 Å². The molecule has 2 aromatic carbocycles. The number of hydrogen-bond acceptors (Lipinski definition) is 8. The van der Waals surface area contributed by atoms with Crippen LogP contribution in [0.5, 0.6) is 11.5 Å². The van der Waals surface area contributed by atoms with Crippen LogP contribution in [0.4, 0.5) is 19.3 Å². The number of benzene rings is 2. The van der Waals surface area contributed by atoms with Crippen LogP contribution in [0, 0.1) is 11.5 Å². The molecule has 238 valence electrons. The number of nitrogens with zero attached hydrogens (tertiary/aromatic N) is 5. The van der Waals surface area contributed by atoms with Crippen molar-refractivity contribution in [3.8, 4) is 17.7 Å². The first-order valence-corrected chi connectivity index (χ1v) is 14.3. The predicted molar refractivity (Wildman–Crippen MR) is 167 cm³/mol. The first kappa shape index (κ1) is 36.1. The summed E-state index contributed by atoms with van der Waals surface area (Å²) >= 11 is 12.1. The molecule has 0 fully saturated rings. The number of aliphatic imine (C=N–C) groups is 1. The van der Waals surface area contributed by atoms with Gasteiger partial charge in [-0.15, -0.1) is 0 Å². The monoisotopic (exact) mass is 653 g/mol. The second-order valence-corrected chi connectivity index (χ2v) is 9.97. The lowest BCUT2D eigenvalue weighted by atomic mass is 10.1. The lowest BCUT2D eigenvalue weighted by Crippen LogP contribution is -2.34. The maximum absolute atomic E-state index is 12.8. The molecule has 0 aromatic heterocycles. The van der Waals surface area contributed by atoms with Crippen LogP contribution in [-0.2, 0) is 4.74 Å².